The zero-order valence-corrected chi connectivity index (χ0v) is 14.8. The van der Waals surface area contributed by atoms with Gasteiger partial charge in [0.2, 0.25) is 0 Å². The van der Waals surface area contributed by atoms with Crippen LogP contribution in [0.4, 0.5) is 5.69 Å². The molecular formula is C20H21NO4. The number of fused-ring (bicyclic) bond motifs is 1. The van der Waals surface area contributed by atoms with Crippen LogP contribution in [0.2, 0.25) is 0 Å². The van der Waals surface area contributed by atoms with E-state index in [1.807, 2.05) is 31.2 Å². The molecule has 0 aromatic heterocycles. The molecule has 0 unspecified atom stereocenters. The molecule has 2 aromatic carbocycles. The van der Waals surface area contributed by atoms with E-state index in [1.54, 1.807) is 36.9 Å². The number of carbonyl (C=O) groups is 2. The van der Waals surface area contributed by atoms with Crippen LogP contribution < -0.4 is 9.64 Å². The molecule has 1 heterocycles. The van der Waals surface area contributed by atoms with Gasteiger partial charge in [0, 0.05) is 0 Å². The fourth-order valence-electron chi connectivity index (χ4n) is 2.93. The first-order valence-corrected chi connectivity index (χ1v) is 8.11. The molecule has 0 saturated heterocycles. The number of amides is 1. The quantitative estimate of drug-likeness (QED) is 0.803. The van der Waals surface area contributed by atoms with Crippen LogP contribution in [0.3, 0.4) is 0 Å². The third-order valence-corrected chi connectivity index (χ3v) is 4.22. The number of methoxy groups -OCH3 is 1. The van der Waals surface area contributed by atoms with E-state index >= 15 is 0 Å². The van der Waals surface area contributed by atoms with E-state index in [-0.39, 0.29) is 5.91 Å². The summed E-state index contributed by atoms with van der Waals surface area (Å²) in [5.41, 5.74) is 2.16. The minimum absolute atomic E-state index is 0.117. The van der Waals surface area contributed by atoms with Crippen molar-refractivity contribution >= 4 is 17.6 Å². The van der Waals surface area contributed by atoms with E-state index in [1.165, 1.54) is 7.11 Å². The molecule has 5 heteroatoms. The van der Waals surface area contributed by atoms with Crippen molar-refractivity contribution in [1.29, 1.82) is 0 Å². The Kier molecular flexibility index (Phi) is 4.25. The Bertz CT molecular complexity index is 841. The largest absolute Gasteiger partial charge is 0.476 e. The average Bonchev–Trinajstić information content (AvgIpc) is 2.59. The van der Waals surface area contributed by atoms with Crippen LogP contribution in [0.25, 0.3) is 0 Å². The first kappa shape index (κ1) is 17.0. The normalized spacial score (nSPS) is 15.4. The zero-order chi connectivity index (χ0) is 18.2. The van der Waals surface area contributed by atoms with Crippen LogP contribution in [0.15, 0.2) is 42.5 Å². The summed E-state index contributed by atoms with van der Waals surface area (Å²) in [6.45, 7) is 5.85. The fourth-order valence-corrected chi connectivity index (χ4v) is 2.93. The maximum atomic E-state index is 12.9. The molecular weight excluding hydrogens is 318 g/mol. The standard InChI is InChI=1S/C20H21NO4/c1-13-8-9-17-16(10-13)21(19(23)20(2,3)25-17)12-14-6-5-7-15(11-14)18(22)24-4/h5-11H,12H2,1-4H3. The number of esters is 1. The summed E-state index contributed by atoms with van der Waals surface area (Å²) in [5.74, 6) is 0.167. The molecule has 1 aliphatic rings. The Morgan fingerprint density at radius 1 is 1.20 bits per heavy atom. The molecule has 0 bridgehead atoms. The van der Waals surface area contributed by atoms with Crippen LogP contribution >= 0.6 is 0 Å². The van der Waals surface area contributed by atoms with Gasteiger partial charge in [-0.2, -0.15) is 0 Å². The van der Waals surface area contributed by atoms with Crippen LogP contribution in [0.1, 0.15) is 35.3 Å². The maximum Gasteiger partial charge on any atom is 0.337 e. The number of nitrogens with zero attached hydrogens (tertiary/aromatic N) is 1. The van der Waals surface area contributed by atoms with E-state index < -0.39 is 11.6 Å². The number of anilines is 1. The van der Waals surface area contributed by atoms with Crippen LogP contribution in [-0.2, 0) is 16.1 Å². The molecule has 130 valence electrons. The topological polar surface area (TPSA) is 55.8 Å². The molecule has 1 amide bonds. The molecule has 0 fully saturated rings. The first-order valence-electron chi connectivity index (χ1n) is 8.11. The Balaban J connectivity index is 2.00. The van der Waals surface area contributed by atoms with Gasteiger partial charge >= 0.3 is 5.97 Å². The van der Waals surface area contributed by atoms with Crippen LogP contribution in [0.5, 0.6) is 5.75 Å². The van der Waals surface area contributed by atoms with E-state index in [2.05, 4.69) is 0 Å². The minimum atomic E-state index is -0.942. The minimum Gasteiger partial charge on any atom is -0.476 e. The van der Waals surface area contributed by atoms with Crippen LogP contribution in [0, 0.1) is 6.92 Å². The Hall–Kier alpha value is -2.82. The van der Waals surface area contributed by atoms with Crippen molar-refractivity contribution in [2.24, 2.45) is 0 Å². The van der Waals surface area contributed by atoms with Gasteiger partial charge in [-0.3, -0.25) is 4.79 Å². The monoisotopic (exact) mass is 339 g/mol. The predicted octanol–water partition coefficient (Wildman–Crippen LogP) is 3.49. The third-order valence-electron chi connectivity index (χ3n) is 4.22. The van der Waals surface area contributed by atoms with Gasteiger partial charge < -0.3 is 14.4 Å². The lowest BCUT2D eigenvalue weighted by Crippen LogP contribution is -2.52. The molecule has 3 rings (SSSR count). The summed E-state index contributed by atoms with van der Waals surface area (Å²) in [6.07, 6.45) is 0. The third kappa shape index (κ3) is 3.22. The lowest BCUT2D eigenvalue weighted by Gasteiger charge is -2.39. The second-order valence-corrected chi connectivity index (χ2v) is 6.67. The van der Waals surface area contributed by atoms with Crippen molar-refractivity contribution < 1.29 is 19.1 Å². The van der Waals surface area contributed by atoms with Gasteiger partial charge in [0.05, 0.1) is 24.9 Å². The molecule has 0 N–H and O–H groups in total. The van der Waals surface area contributed by atoms with Crippen molar-refractivity contribution in [3.8, 4) is 5.75 Å². The number of hydrogen-bond donors (Lipinski definition) is 0. The molecule has 5 nitrogen and oxygen atoms in total. The summed E-state index contributed by atoms with van der Waals surface area (Å²) < 4.78 is 10.6. The highest BCUT2D eigenvalue weighted by Crippen LogP contribution is 2.39. The van der Waals surface area contributed by atoms with Crippen molar-refractivity contribution in [2.75, 3.05) is 12.0 Å². The van der Waals surface area contributed by atoms with E-state index in [0.29, 0.717) is 17.9 Å². The van der Waals surface area contributed by atoms with Gasteiger partial charge in [0.15, 0.2) is 5.60 Å². The summed E-state index contributed by atoms with van der Waals surface area (Å²) in [6, 6.07) is 12.9. The Morgan fingerprint density at radius 3 is 2.68 bits per heavy atom. The van der Waals surface area contributed by atoms with Gasteiger partial charge in [0.25, 0.3) is 5.91 Å². The summed E-state index contributed by atoms with van der Waals surface area (Å²) in [4.78, 5) is 26.4. The van der Waals surface area contributed by atoms with Crippen molar-refractivity contribution in [3.63, 3.8) is 0 Å². The number of aryl methyl sites for hydroxylation is 1. The number of benzene rings is 2. The second kappa shape index (κ2) is 6.24. The average molecular weight is 339 g/mol. The molecule has 25 heavy (non-hydrogen) atoms. The molecule has 0 atom stereocenters. The zero-order valence-electron chi connectivity index (χ0n) is 14.8. The van der Waals surface area contributed by atoms with E-state index in [4.69, 9.17) is 9.47 Å². The lowest BCUT2D eigenvalue weighted by molar-refractivity contribution is -0.132. The molecule has 1 aliphatic heterocycles. The van der Waals surface area contributed by atoms with Gasteiger partial charge in [0.1, 0.15) is 5.75 Å². The summed E-state index contributed by atoms with van der Waals surface area (Å²) in [5, 5.41) is 0. The van der Waals surface area contributed by atoms with Crippen molar-refractivity contribution in [3.05, 3.63) is 59.2 Å². The van der Waals surface area contributed by atoms with Gasteiger partial charge in [-0.25, -0.2) is 4.79 Å². The Morgan fingerprint density at radius 2 is 1.96 bits per heavy atom. The first-order chi connectivity index (χ1) is 11.8. The van der Waals surface area contributed by atoms with Crippen molar-refractivity contribution in [2.45, 2.75) is 32.9 Å². The summed E-state index contributed by atoms with van der Waals surface area (Å²) >= 11 is 0. The number of carbonyl (C=O) groups excluding carboxylic acids is 2. The molecule has 0 aliphatic carbocycles. The van der Waals surface area contributed by atoms with Gasteiger partial charge in [-0.15, -0.1) is 0 Å². The van der Waals surface area contributed by atoms with Crippen LogP contribution in [-0.4, -0.2) is 24.6 Å². The summed E-state index contributed by atoms with van der Waals surface area (Å²) in [7, 11) is 1.35. The predicted molar refractivity (Wildman–Crippen MR) is 94.9 cm³/mol. The number of ether oxygens (including phenoxy) is 2. The van der Waals surface area contributed by atoms with Crippen molar-refractivity contribution in [1.82, 2.24) is 0 Å². The smallest absolute Gasteiger partial charge is 0.337 e. The lowest BCUT2D eigenvalue weighted by atomic mass is 10.0. The second-order valence-electron chi connectivity index (χ2n) is 6.67. The molecule has 0 radical (unpaired) electrons. The number of rotatable bonds is 3. The Labute approximate surface area is 147 Å². The van der Waals surface area contributed by atoms with Gasteiger partial charge in [-0.05, 0) is 56.2 Å². The van der Waals surface area contributed by atoms with Gasteiger partial charge in [-0.1, -0.05) is 18.2 Å². The molecule has 0 spiro atoms. The highest BCUT2D eigenvalue weighted by Gasteiger charge is 2.40. The maximum absolute atomic E-state index is 12.9. The SMILES string of the molecule is COC(=O)c1cccc(CN2C(=O)C(C)(C)Oc3ccc(C)cc32)c1. The highest BCUT2D eigenvalue weighted by molar-refractivity contribution is 6.02. The molecule has 2 aromatic rings. The molecule has 0 saturated carbocycles. The van der Waals surface area contributed by atoms with E-state index in [0.717, 1.165) is 16.8 Å². The fraction of sp³-hybridized carbons (Fsp3) is 0.300. The number of hydrogen-bond acceptors (Lipinski definition) is 4. The van der Waals surface area contributed by atoms with E-state index in [9.17, 15) is 9.59 Å². The highest BCUT2D eigenvalue weighted by atomic mass is 16.5.